The van der Waals surface area contributed by atoms with Crippen LogP contribution in [0.4, 0.5) is 0 Å². The molecule has 1 aromatic heterocycles. The Bertz CT molecular complexity index is 584. The predicted octanol–water partition coefficient (Wildman–Crippen LogP) is 2.55. The van der Waals surface area contributed by atoms with Gasteiger partial charge in [0.2, 0.25) is 0 Å². The first kappa shape index (κ1) is 12.8. The van der Waals surface area contributed by atoms with E-state index >= 15 is 0 Å². The fraction of sp³-hybridized carbons (Fsp3) is 0.400. The highest BCUT2D eigenvalue weighted by Crippen LogP contribution is 2.39. The van der Waals surface area contributed by atoms with E-state index in [4.69, 9.17) is 0 Å². The minimum atomic E-state index is -0.709. The quantitative estimate of drug-likeness (QED) is 0.931. The summed E-state index contributed by atoms with van der Waals surface area (Å²) in [7, 11) is 0. The van der Waals surface area contributed by atoms with Crippen molar-refractivity contribution in [3.8, 4) is 5.69 Å². The molecule has 0 aliphatic heterocycles. The Balaban J connectivity index is 1.94. The van der Waals surface area contributed by atoms with Crippen LogP contribution in [0.1, 0.15) is 37.7 Å². The fourth-order valence-corrected chi connectivity index (χ4v) is 3.06. The zero-order valence-electron chi connectivity index (χ0n) is 11.2. The number of carboxylic acid groups (broad SMARTS) is 1. The zero-order chi connectivity index (χ0) is 14.0. The summed E-state index contributed by atoms with van der Waals surface area (Å²) >= 11 is 0. The molecule has 1 aliphatic rings. The van der Waals surface area contributed by atoms with Crippen LogP contribution in [0.15, 0.2) is 36.7 Å². The van der Waals surface area contributed by atoms with Gasteiger partial charge < -0.3 is 5.11 Å². The maximum atomic E-state index is 11.8. The number of aliphatic carboxylic acids is 1. The van der Waals surface area contributed by atoms with Gasteiger partial charge >= 0.3 is 5.97 Å². The van der Waals surface area contributed by atoms with Gasteiger partial charge in [-0.3, -0.25) is 4.79 Å². The maximum absolute atomic E-state index is 11.8. The lowest BCUT2D eigenvalue weighted by molar-refractivity contribution is -0.145. The van der Waals surface area contributed by atoms with E-state index < -0.39 is 11.4 Å². The van der Waals surface area contributed by atoms with Gasteiger partial charge in [-0.1, -0.05) is 36.6 Å². The van der Waals surface area contributed by atoms with Crippen LogP contribution in [-0.4, -0.2) is 26.1 Å². The normalized spacial score (nSPS) is 17.8. The third-order valence-corrected chi connectivity index (χ3v) is 4.22. The molecule has 5 heteroatoms. The molecule has 0 amide bonds. The maximum Gasteiger partial charge on any atom is 0.314 e. The van der Waals surface area contributed by atoms with Crippen molar-refractivity contribution in [2.75, 3.05) is 0 Å². The highest BCUT2D eigenvalue weighted by molar-refractivity contribution is 5.81. The van der Waals surface area contributed by atoms with Crippen LogP contribution >= 0.6 is 0 Å². The van der Waals surface area contributed by atoms with Crippen molar-refractivity contribution in [1.82, 2.24) is 15.0 Å². The molecule has 1 saturated carbocycles. The summed E-state index contributed by atoms with van der Waals surface area (Å²) in [6.07, 6.45) is 7.94. The van der Waals surface area contributed by atoms with Gasteiger partial charge in [0.1, 0.15) is 0 Å². The van der Waals surface area contributed by atoms with E-state index in [1.807, 2.05) is 24.3 Å². The van der Waals surface area contributed by atoms with Crippen molar-refractivity contribution < 1.29 is 9.90 Å². The lowest BCUT2D eigenvalue weighted by Crippen LogP contribution is -2.37. The van der Waals surface area contributed by atoms with E-state index in [0.717, 1.165) is 43.4 Å². The van der Waals surface area contributed by atoms with Gasteiger partial charge in [-0.15, -0.1) is 5.10 Å². The van der Waals surface area contributed by atoms with Crippen LogP contribution in [0.5, 0.6) is 0 Å². The molecular formula is C15H17N3O2. The Morgan fingerprint density at radius 1 is 1.15 bits per heavy atom. The Kier molecular flexibility index (Phi) is 3.26. The Hall–Kier alpha value is -2.17. The Morgan fingerprint density at radius 3 is 2.40 bits per heavy atom. The number of hydrogen-bond donors (Lipinski definition) is 1. The number of aromatic nitrogens is 3. The summed E-state index contributed by atoms with van der Waals surface area (Å²) in [6, 6.07) is 7.64. The largest absolute Gasteiger partial charge is 0.481 e. The highest BCUT2D eigenvalue weighted by Gasteiger charge is 2.41. The molecule has 0 saturated heterocycles. The molecular weight excluding hydrogens is 254 g/mol. The molecule has 3 rings (SSSR count). The lowest BCUT2D eigenvalue weighted by atomic mass is 9.69. The average molecular weight is 271 g/mol. The molecule has 0 radical (unpaired) electrons. The molecule has 20 heavy (non-hydrogen) atoms. The smallest absolute Gasteiger partial charge is 0.314 e. The molecule has 1 heterocycles. The monoisotopic (exact) mass is 271 g/mol. The molecule has 104 valence electrons. The van der Waals surface area contributed by atoms with Crippen molar-refractivity contribution in [1.29, 1.82) is 0 Å². The third kappa shape index (κ3) is 2.09. The topological polar surface area (TPSA) is 68.0 Å². The molecule has 0 atom stereocenters. The first-order chi connectivity index (χ1) is 9.72. The van der Waals surface area contributed by atoms with Crippen molar-refractivity contribution >= 4 is 5.97 Å². The third-order valence-electron chi connectivity index (χ3n) is 4.22. The molecule has 1 aromatic carbocycles. The van der Waals surface area contributed by atoms with E-state index in [2.05, 4.69) is 10.3 Å². The molecule has 0 spiro atoms. The second-order valence-corrected chi connectivity index (χ2v) is 5.34. The Labute approximate surface area is 117 Å². The van der Waals surface area contributed by atoms with Gasteiger partial charge in [0.15, 0.2) is 0 Å². The number of carbonyl (C=O) groups is 1. The summed E-state index contributed by atoms with van der Waals surface area (Å²) < 4.78 is 1.66. The minimum absolute atomic E-state index is 0.703. The number of nitrogens with zero attached hydrogens (tertiary/aromatic N) is 3. The van der Waals surface area contributed by atoms with E-state index in [0.29, 0.717) is 0 Å². The predicted molar refractivity (Wildman–Crippen MR) is 73.8 cm³/mol. The molecule has 0 unspecified atom stereocenters. The second kappa shape index (κ2) is 5.07. The van der Waals surface area contributed by atoms with E-state index in [9.17, 15) is 9.90 Å². The number of carboxylic acids is 1. The molecule has 2 aromatic rings. The van der Waals surface area contributed by atoms with Gasteiger partial charge in [-0.25, -0.2) is 4.68 Å². The SMILES string of the molecule is O=C(O)C1(c2ccc(-n3ccnn3)cc2)CCCCC1. The van der Waals surface area contributed by atoms with Gasteiger partial charge in [0.25, 0.3) is 0 Å². The molecule has 1 aliphatic carbocycles. The van der Waals surface area contributed by atoms with Gasteiger partial charge in [-0.05, 0) is 30.5 Å². The van der Waals surface area contributed by atoms with Crippen LogP contribution < -0.4 is 0 Å². The number of hydrogen-bond acceptors (Lipinski definition) is 3. The molecule has 1 N–H and O–H groups in total. The van der Waals surface area contributed by atoms with Crippen LogP contribution in [0.3, 0.4) is 0 Å². The number of benzene rings is 1. The molecule has 1 fully saturated rings. The average Bonchev–Trinajstić information content (AvgIpc) is 3.02. The van der Waals surface area contributed by atoms with Crippen molar-refractivity contribution in [3.05, 3.63) is 42.2 Å². The van der Waals surface area contributed by atoms with Crippen molar-refractivity contribution in [3.63, 3.8) is 0 Å². The van der Waals surface area contributed by atoms with Gasteiger partial charge in [0.05, 0.1) is 23.5 Å². The summed E-state index contributed by atoms with van der Waals surface area (Å²) in [5.41, 5.74) is 1.08. The van der Waals surface area contributed by atoms with Gasteiger partial charge in [-0.2, -0.15) is 0 Å². The standard InChI is InChI=1S/C15H17N3O2/c19-14(20)15(8-2-1-3-9-15)12-4-6-13(7-5-12)18-11-10-16-17-18/h4-7,10-11H,1-3,8-9H2,(H,19,20). The van der Waals surface area contributed by atoms with Gasteiger partial charge in [0, 0.05) is 0 Å². The Morgan fingerprint density at radius 2 is 1.85 bits per heavy atom. The molecule has 0 bridgehead atoms. The van der Waals surface area contributed by atoms with Crippen LogP contribution in [-0.2, 0) is 10.2 Å². The summed E-state index contributed by atoms with van der Waals surface area (Å²) in [5, 5.41) is 17.4. The summed E-state index contributed by atoms with van der Waals surface area (Å²) in [4.78, 5) is 11.8. The van der Waals surface area contributed by atoms with E-state index in [1.165, 1.54) is 0 Å². The van der Waals surface area contributed by atoms with Crippen molar-refractivity contribution in [2.45, 2.75) is 37.5 Å². The van der Waals surface area contributed by atoms with Crippen LogP contribution in [0, 0.1) is 0 Å². The van der Waals surface area contributed by atoms with Crippen LogP contribution in [0.2, 0.25) is 0 Å². The summed E-state index contributed by atoms with van der Waals surface area (Å²) in [5.74, 6) is -0.703. The highest BCUT2D eigenvalue weighted by atomic mass is 16.4. The second-order valence-electron chi connectivity index (χ2n) is 5.34. The lowest BCUT2D eigenvalue weighted by Gasteiger charge is -2.33. The fourth-order valence-electron chi connectivity index (χ4n) is 3.06. The van der Waals surface area contributed by atoms with E-state index in [1.54, 1.807) is 17.1 Å². The number of rotatable bonds is 3. The first-order valence-corrected chi connectivity index (χ1v) is 6.93. The first-order valence-electron chi connectivity index (χ1n) is 6.93. The van der Waals surface area contributed by atoms with E-state index in [-0.39, 0.29) is 0 Å². The zero-order valence-corrected chi connectivity index (χ0v) is 11.2. The minimum Gasteiger partial charge on any atom is -0.481 e. The van der Waals surface area contributed by atoms with Crippen molar-refractivity contribution in [2.24, 2.45) is 0 Å². The van der Waals surface area contributed by atoms with Crippen LogP contribution in [0.25, 0.3) is 5.69 Å². The molecule has 5 nitrogen and oxygen atoms in total. The summed E-state index contributed by atoms with van der Waals surface area (Å²) in [6.45, 7) is 0.